The van der Waals surface area contributed by atoms with E-state index in [1.54, 1.807) is 25.5 Å². The first kappa shape index (κ1) is 30.0. The summed E-state index contributed by atoms with van der Waals surface area (Å²) in [6.45, 7) is 9.09. The van der Waals surface area contributed by atoms with Crippen LogP contribution in [0, 0.1) is 6.92 Å². The standard InChI is InChI=1S/C32H36N6O4S/c1-21-25(7-6-8-26(21)36-30(39)27-14-9-22(19-33-27)32(2,3)4)28-20-37(5)31(40)29(35-28)34-23-10-12-24(13-11-23)38-15-17-43(41,42)18-16-38/h6-14,19-20H,15-18H2,1-5H3,(H,34,35)(H,36,39). The molecule has 4 aromatic rings. The number of aryl methyl sites for hydroxylation is 1. The van der Waals surface area contributed by atoms with Crippen LogP contribution in [0.15, 0.2) is 71.8 Å². The lowest BCUT2D eigenvalue weighted by molar-refractivity contribution is 0.102. The van der Waals surface area contributed by atoms with E-state index in [9.17, 15) is 18.0 Å². The number of hydrogen-bond acceptors (Lipinski definition) is 8. The van der Waals surface area contributed by atoms with E-state index >= 15 is 0 Å². The first-order chi connectivity index (χ1) is 20.3. The Labute approximate surface area is 251 Å². The minimum absolute atomic E-state index is 0.0623. The number of aromatic nitrogens is 3. The van der Waals surface area contributed by atoms with Crippen LogP contribution in [-0.4, -0.2) is 53.5 Å². The minimum atomic E-state index is -2.96. The number of hydrogen-bond donors (Lipinski definition) is 2. The molecule has 11 heteroatoms. The van der Waals surface area contributed by atoms with Gasteiger partial charge in [-0.2, -0.15) is 0 Å². The number of pyridine rings is 1. The van der Waals surface area contributed by atoms with Crippen molar-refractivity contribution in [2.24, 2.45) is 7.05 Å². The lowest BCUT2D eigenvalue weighted by Crippen LogP contribution is -2.40. The van der Waals surface area contributed by atoms with Crippen molar-refractivity contribution in [3.05, 3.63) is 94.2 Å². The molecular formula is C32H36N6O4S. The molecule has 1 amide bonds. The molecular weight excluding hydrogens is 564 g/mol. The molecule has 0 saturated carbocycles. The van der Waals surface area contributed by atoms with E-state index in [1.807, 2.05) is 60.4 Å². The van der Waals surface area contributed by atoms with E-state index in [0.29, 0.717) is 35.9 Å². The molecule has 0 aliphatic carbocycles. The molecule has 1 aliphatic rings. The summed E-state index contributed by atoms with van der Waals surface area (Å²) >= 11 is 0. The Morgan fingerprint density at radius 3 is 2.30 bits per heavy atom. The summed E-state index contributed by atoms with van der Waals surface area (Å²) in [7, 11) is -1.30. The highest BCUT2D eigenvalue weighted by molar-refractivity contribution is 7.91. The fourth-order valence-corrected chi connectivity index (χ4v) is 6.09. The number of nitrogens with zero attached hydrogens (tertiary/aromatic N) is 4. The third-order valence-corrected chi connectivity index (χ3v) is 9.24. The molecule has 1 fully saturated rings. The Balaban J connectivity index is 1.35. The fraction of sp³-hybridized carbons (Fsp3) is 0.312. The van der Waals surface area contributed by atoms with Crippen molar-refractivity contribution < 1.29 is 13.2 Å². The van der Waals surface area contributed by atoms with Crippen LogP contribution in [0.3, 0.4) is 0 Å². The molecule has 2 N–H and O–H groups in total. The summed E-state index contributed by atoms with van der Waals surface area (Å²) in [5.74, 6) is 0.136. The fourth-order valence-electron chi connectivity index (χ4n) is 4.89. The normalized spacial score (nSPS) is 14.8. The molecule has 2 aromatic carbocycles. The van der Waals surface area contributed by atoms with E-state index in [4.69, 9.17) is 0 Å². The molecule has 0 unspecified atom stereocenters. The predicted molar refractivity (Wildman–Crippen MR) is 171 cm³/mol. The second-order valence-electron chi connectivity index (χ2n) is 11.8. The van der Waals surface area contributed by atoms with Gasteiger partial charge in [-0.3, -0.25) is 14.6 Å². The number of carbonyl (C=O) groups is 1. The van der Waals surface area contributed by atoms with Crippen LogP contribution in [-0.2, 0) is 22.3 Å². The predicted octanol–water partition coefficient (Wildman–Crippen LogP) is 4.68. The van der Waals surface area contributed by atoms with Gasteiger partial charge in [0.2, 0.25) is 0 Å². The van der Waals surface area contributed by atoms with E-state index < -0.39 is 9.84 Å². The Bertz CT molecular complexity index is 1810. The summed E-state index contributed by atoms with van der Waals surface area (Å²) in [6, 6.07) is 16.7. The Hall–Kier alpha value is -4.51. The highest BCUT2D eigenvalue weighted by atomic mass is 32.2. The summed E-state index contributed by atoms with van der Waals surface area (Å²) in [6.07, 6.45) is 3.40. The zero-order chi connectivity index (χ0) is 30.9. The molecule has 0 bridgehead atoms. The lowest BCUT2D eigenvalue weighted by Gasteiger charge is -2.28. The van der Waals surface area contributed by atoms with Crippen molar-refractivity contribution in [1.82, 2.24) is 14.5 Å². The van der Waals surface area contributed by atoms with Crippen molar-refractivity contribution in [2.75, 3.05) is 40.1 Å². The van der Waals surface area contributed by atoms with Crippen molar-refractivity contribution in [2.45, 2.75) is 33.1 Å². The second kappa shape index (κ2) is 11.6. The number of benzene rings is 2. The molecule has 0 spiro atoms. The molecule has 10 nitrogen and oxygen atoms in total. The van der Waals surface area contributed by atoms with Gasteiger partial charge in [0.15, 0.2) is 15.7 Å². The minimum Gasteiger partial charge on any atom is -0.369 e. The number of sulfone groups is 1. The van der Waals surface area contributed by atoms with Gasteiger partial charge in [0.05, 0.1) is 17.2 Å². The number of rotatable bonds is 6. The third-order valence-electron chi connectivity index (χ3n) is 7.63. The van der Waals surface area contributed by atoms with Gasteiger partial charge in [0, 0.05) is 55.2 Å². The SMILES string of the molecule is Cc1c(NC(=O)c2ccc(C(C)(C)C)cn2)cccc1-c1cn(C)c(=O)c(Nc2ccc(N3CCS(=O)(=O)CC3)cc2)n1. The van der Waals surface area contributed by atoms with Gasteiger partial charge in [0.1, 0.15) is 5.69 Å². The van der Waals surface area contributed by atoms with Crippen molar-refractivity contribution >= 4 is 38.6 Å². The molecule has 0 radical (unpaired) electrons. The van der Waals surface area contributed by atoms with E-state index in [0.717, 1.165) is 22.4 Å². The van der Waals surface area contributed by atoms with Gasteiger partial charge in [0.25, 0.3) is 11.5 Å². The number of carbonyl (C=O) groups excluding carboxylic acids is 1. The number of nitrogens with one attached hydrogen (secondary N) is 2. The average molecular weight is 601 g/mol. The van der Waals surface area contributed by atoms with Gasteiger partial charge in [-0.1, -0.05) is 39.0 Å². The zero-order valence-corrected chi connectivity index (χ0v) is 25.8. The van der Waals surface area contributed by atoms with Crippen LogP contribution in [0.1, 0.15) is 42.4 Å². The second-order valence-corrected chi connectivity index (χ2v) is 14.1. The van der Waals surface area contributed by atoms with Gasteiger partial charge in [-0.05, 0) is 59.9 Å². The van der Waals surface area contributed by atoms with Crippen LogP contribution >= 0.6 is 0 Å². The maximum atomic E-state index is 13.0. The highest BCUT2D eigenvalue weighted by Gasteiger charge is 2.22. The first-order valence-corrected chi connectivity index (χ1v) is 15.9. The molecule has 0 atom stereocenters. The maximum absolute atomic E-state index is 13.0. The monoisotopic (exact) mass is 600 g/mol. The van der Waals surface area contributed by atoms with Crippen LogP contribution in [0.4, 0.5) is 22.9 Å². The smallest absolute Gasteiger partial charge is 0.293 e. The van der Waals surface area contributed by atoms with Crippen molar-refractivity contribution in [1.29, 1.82) is 0 Å². The molecule has 2 aromatic heterocycles. The largest absolute Gasteiger partial charge is 0.369 e. The zero-order valence-electron chi connectivity index (χ0n) is 25.0. The van der Waals surface area contributed by atoms with Crippen LogP contribution in [0.5, 0.6) is 0 Å². The lowest BCUT2D eigenvalue weighted by atomic mass is 9.88. The molecule has 224 valence electrons. The number of amides is 1. The first-order valence-electron chi connectivity index (χ1n) is 14.1. The number of anilines is 4. The van der Waals surface area contributed by atoms with Crippen molar-refractivity contribution in [3.63, 3.8) is 0 Å². The van der Waals surface area contributed by atoms with E-state index in [2.05, 4.69) is 41.4 Å². The quantitative estimate of drug-likeness (QED) is 0.327. The Kier molecular flexibility index (Phi) is 8.11. The molecule has 43 heavy (non-hydrogen) atoms. The van der Waals surface area contributed by atoms with Gasteiger partial charge in [-0.15, -0.1) is 0 Å². The molecule has 1 aliphatic heterocycles. The van der Waals surface area contributed by atoms with Gasteiger partial charge < -0.3 is 20.1 Å². The Morgan fingerprint density at radius 1 is 0.977 bits per heavy atom. The third kappa shape index (κ3) is 6.77. The maximum Gasteiger partial charge on any atom is 0.293 e. The van der Waals surface area contributed by atoms with E-state index in [-0.39, 0.29) is 34.2 Å². The molecule has 3 heterocycles. The molecule has 5 rings (SSSR count). The van der Waals surface area contributed by atoms with Crippen LogP contribution < -0.4 is 21.1 Å². The van der Waals surface area contributed by atoms with Crippen LogP contribution in [0.25, 0.3) is 11.3 Å². The Morgan fingerprint density at radius 2 is 1.67 bits per heavy atom. The van der Waals surface area contributed by atoms with Gasteiger partial charge >= 0.3 is 0 Å². The highest BCUT2D eigenvalue weighted by Crippen LogP contribution is 2.29. The average Bonchev–Trinajstić information content (AvgIpc) is 2.96. The summed E-state index contributed by atoms with van der Waals surface area (Å²) in [5, 5.41) is 6.09. The van der Waals surface area contributed by atoms with E-state index in [1.165, 1.54) is 4.57 Å². The van der Waals surface area contributed by atoms with Crippen molar-refractivity contribution in [3.8, 4) is 11.3 Å². The summed E-state index contributed by atoms with van der Waals surface area (Å²) in [5.41, 5.74) is 5.36. The molecule has 1 saturated heterocycles. The van der Waals surface area contributed by atoms with Gasteiger partial charge in [-0.25, -0.2) is 13.4 Å². The topological polar surface area (TPSA) is 126 Å². The van der Waals surface area contributed by atoms with Crippen LogP contribution in [0.2, 0.25) is 0 Å². The summed E-state index contributed by atoms with van der Waals surface area (Å²) < 4.78 is 25.0. The summed E-state index contributed by atoms with van der Waals surface area (Å²) in [4.78, 5) is 37.0.